The highest BCUT2D eigenvalue weighted by atomic mass is 32.2. The molecule has 0 bridgehead atoms. The number of piperazine rings is 1. The maximum atomic E-state index is 14.0. The van der Waals surface area contributed by atoms with Gasteiger partial charge in [0.2, 0.25) is 15.9 Å². The van der Waals surface area contributed by atoms with Crippen molar-refractivity contribution in [2.75, 3.05) is 44.2 Å². The number of hydrogen-bond acceptors (Lipinski definition) is 6. The van der Waals surface area contributed by atoms with Gasteiger partial charge in [-0.25, -0.2) is 17.6 Å². The molecule has 12 heteroatoms. The maximum absolute atomic E-state index is 14.0. The fraction of sp³-hybridized carbons (Fsp3) is 0.476. The molecule has 2 saturated heterocycles. The SMILES string of the molecule is Cc1[nH]c(=O)[nH]c(=O)c1S(=O)(=O)N1CCC(C(=O)N2CCN(c3ccccc3F)CC2)CC1. The van der Waals surface area contributed by atoms with Crippen LogP contribution in [0.1, 0.15) is 18.5 Å². The van der Waals surface area contributed by atoms with E-state index in [2.05, 4.69) is 4.98 Å². The van der Waals surface area contributed by atoms with Gasteiger partial charge in [0, 0.05) is 50.9 Å². The normalized spacial score (nSPS) is 18.5. The number of hydrogen-bond donors (Lipinski definition) is 2. The molecule has 3 heterocycles. The van der Waals surface area contributed by atoms with Crippen LogP contribution in [0.15, 0.2) is 38.8 Å². The molecule has 2 N–H and O–H groups in total. The highest BCUT2D eigenvalue weighted by Crippen LogP contribution is 2.26. The van der Waals surface area contributed by atoms with Crippen molar-refractivity contribution in [3.05, 3.63) is 56.6 Å². The van der Waals surface area contributed by atoms with E-state index in [1.165, 1.54) is 17.3 Å². The van der Waals surface area contributed by atoms with Gasteiger partial charge in [-0.05, 0) is 31.9 Å². The van der Waals surface area contributed by atoms with E-state index in [9.17, 15) is 27.2 Å². The number of carbonyl (C=O) groups is 1. The third-order valence-electron chi connectivity index (χ3n) is 6.26. The second kappa shape index (κ2) is 9.10. The first-order valence-corrected chi connectivity index (χ1v) is 12.2. The predicted molar refractivity (Wildman–Crippen MR) is 119 cm³/mol. The van der Waals surface area contributed by atoms with Crippen molar-refractivity contribution in [2.24, 2.45) is 5.92 Å². The molecule has 1 aromatic carbocycles. The predicted octanol–water partition coefficient (Wildman–Crippen LogP) is 0.260. The fourth-order valence-corrected chi connectivity index (χ4v) is 6.18. The van der Waals surface area contributed by atoms with Crippen LogP contribution in [0.5, 0.6) is 0 Å². The second-order valence-electron chi connectivity index (χ2n) is 8.30. The lowest BCUT2D eigenvalue weighted by Crippen LogP contribution is -2.52. The first-order chi connectivity index (χ1) is 15.7. The second-order valence-corrected chi connectivity index (χ2v) is 10.2. The lowest BCUT2D eigenvalue weighted by atomic mass is 9.96. The number of anilines is 1. The zero-order valence-corrected chi connectivity index (χ0v) is 19.0. The first-order valence-electron chi connectivity index (χ1n) is 10.8. The number of piperidine rings is 1. The molecular weight excluding hydrogens is 453 g/mol. The van der Waals surface area contributed by atoms with Crippen LogP contribution in [0.4, 0.5) is 10.1 Å². The van der Waals surface area contributed by atoms with Gasteiger partial charge in [-0.1, -0.05) is 12.1 Å². The Hall–Kier alpha value is -2.99. The summed E-state index contributed by atoms with van der Waals surface area (Å²) in [5.41, 5.74) is -1.22. The van der Waals surface area contributed by atoms with Gasteiger partial charge in [0.1, 0.15) is 5.82 Å². The highest BCUT2D eigenvalue weighted by Gasteiger charge is 2.36. The van der Waals surface area contributed by atoms with Crippen molar-refractivity contribution in [3.63, 3.8) is 0 Å². The van der Waals surface area contributed by atoms with Gasteiger partial charge in [0.15, 0.2) is 4.90 Å². The van der Waals surface area contributed by atoms with Crippen molar-refractivity contribution < 1.29 is 17.6 Å². The molecule has 0 spiro atoms. The standard InChI is InChI=1S/C21H26FN5O5S/c1-14-18(19(28)24-21(30)23-14)33(31,32)27-8-6-15(7-9-27)20(29)26-12-10-25(11-13-26)17-5-3-2-4-16(17)22/h2-5,15H,6-13H2,1H3,(H2,23,24,28,30). The lowest BCUT2D eigenvalue weighted by molar-refractivity contribution is -0.137. The molecule has 2 aliphatic heterocycles. The van der Waals surface area contributed by atoms with Crippen LogP contribution in [0, 0.1) is 18.7 Å². The third kappa shape index (κ3) is 4.58. The minimum absolute atomic E-state index is 0.0188. The first kappa shape index (κ1) is 23.2. The van der Waals surface area contributed by atoms with Crippen molar-refractivity contribution in [1.82, 2.24) is 19.2 Å². The molecule has 0 radical (unpaired) electrons. The van der Waals surface area contributed by atoms with Gasteiger partial charge >= 0.3 is 5.69 Å². The summed E-state index contributed by atoms with van der Waals surface area (Å²) in [4.78, 5) is 43.9. The Bertz CT molecular complexity index is 1260. The van der Waals surface area contributed by atoms with Crippen LogP contribution < -0.4 is 16.1 Å². The van der Waals surface area contributed by atoms with Gasteiger partial charge in [-0.2, -0.15) is 4.31 Å². The number of nitrogens with zero attached hydrogens (tertiary/aromatic N) is 3. The Morgan fingerprint density at radius 1 is 1.00 bits per heavy atom. The Labute approximate surface area is 190 Å². The molecule has 1 amide bonds. The number of benzene rings is 1. The molecule has 2 aliphatic rings. The number of sulfonamides is 1. The summed E-state index contributed by atoms with van der Waals surface area (Å²) in [5.74, 6) is -0.632. The number of halogens is 1. The molecule has 178 valence electrons. The number of aromatic amines is 2. The highest BCUT2D eigenvalue weighted by molar-refractivity contribution is 7.89. The number of rotatable bonds is 4. The van der Waals surface area contributed by atoms with E-state index < -0.39 is 26.2 Å². The zero-order chi connectivity index (χ0) is 23.8. The quantitative estimate of drug-likeness (QED) is 0.648. The van der Waals surface area contributed by atoms with Gasteiger partial charge < -0.3 is 14.8 Å². The summed E-state index contributed by atoms with van der Waals surface area (Å²) in [6, 6.07) is 6.55. The molecule has 0 saturated carbocycles. The largest absolute Gasteiger partial charge is 0.366 e. The average molecular weight is 480 g/mol. The summed E-state index contributed by atoms with van der Waals surface area (Å²) in [6.07, 6.45) is 0.678. The van der Waals surface area contributed by atoms with Crippen molar-refractivity contribution in [2.45, 2.75) is 24.7 Å². The number of para-hydroxylation sites is 1. The van der Waals surface area contributed by atoms with E-state index in [-0.39, 0.29) is 36.4 Å². The third-order valence-corrected chi connectivity index (χ3v) is 8.31. The Kier molecular flexibility index (Phi) is 6.39. The van der Waals surface area contributed by atoms with E-state index in [0.29, 0.717) is 44.7 Å². The molecule has 0 atom stereocenters. The molecule has 33 heavy (non-hydrogen) atoms. The van der Waals surface area contributed by atoms with Crippen LogP contribution in [0.2, 0.25) is 0 Å². The summed E-state index contributed by atoms with van der Waals surface area (Å²) in [7, 11) is -4.10. The topological polar surface area (TPSA) is 127 Å². The number of aryl methyl sites for hydroxylation is 1. The molecule has 2 fully saturated rings. The summed E-state index contributed by atoms with van der Waals surface area (Å²) in [6.45, 7) is 3.55. The fourth-order valence-electron chi connectivity index (χ4n) is 4.51. The summed E-state index contributed by atoms with van der Waals surface area (Å²) < 4.78 is 41.2. The van der Waals surface area contributed by atoms with E-state index >= 15 is 0 Å². The molecule has 4 rings (SSSR count). The number of aromatic nitrogens is 2. The zero-order valence-electron chi connectivity index (χ0n) is 18.2. The van der Waals surface area contributed by atoms with Gasteiger partial charge in [0.25, 0.3) is 5.56 Å². The van der Waals surface area contributed by atoms with E-state index in [4.69, 9.17) is 0 Å². The summed E-state index contributed by atoms with van der Waals surface area (Å²) >= 11 is 0. The Morgan fingerprint density at radius 3 is 2.24 bits per heavy atom. The number of H-pyrrole nitrogens is 2. The average Bonchev–Trinajstić information content (AvgIpc) is 2.78. The number of nitrogens with one attached hydrogen (secondary N) is 2. The Morgan fingerprint density at radius 2 is 1.64 bits per heavy atom. The lowest BCUT2D eigenvalue weighted by Gasteiger charge is -2.39. The van der Waals surface area contributed by atoms with E-state index in [0.717, 1.165) is 0 Å². The molecule has 10 nitrogen and oxygen atoms in total. The van der Waals surface area contributed by atoms with Crippen molar-refractivity contribution >= 4 is 21.6 Å². The van der Waals surface area contributed by atoms with E-state index in [1.54, 1.807) is 23.1 Å². The molecule has 2 aromatic rings. The smallest absolute Gasteiger partial charge is 0.325 e. The molecule has 0 aliphatic carbocycles. The minimum Gasteiger partial charge on any atom is -0.366 e. The van der Waals surface area contributed by atoms with Gasteiger partial charge in [-0.15, -0.1) is 0 Å². The Balaban J connectivity index is 1.37. The van der Waals surface area contributed by atoms with Crippen LogP contribution in [-0.2, 0) is 14.8 Å². The van der Waals surface area contributed by atoms with Crippen molar-refractivity contribution in [1.29, 1.82) is 0 Å². The molecular formula is C21H26FN5O5S. The van der Waals surface area contributed by atoms with Crippen LogP contribution in [-0.4, -0.2) is 72.8 Å². The number of carbonyl (C=O) groups excluding carboxylic acids is 1. The minimum atomic E-state index is -4.10. The number of amides is 1. The van der Waals surface area contributed by atoms with Gasteiger partial charge in [0.05, 0.1) is 5.69 Å². The molecule has 1 aromatic heterocycles. The van der Waals surface area contributed by atoms with Crippen molar-refractivity contribution in [3.8, 4) is 0 Å². The van der Waals surface area contributed by atoms with Crippen LogP contribution in [0.3, 0.4) is 0 Å². The van der Waals surface area contributed by atoms with Gasteiger partial charge in [-0.3, -0.25) is 14.6 Å². The summed E-state index contributed by atoms with van der Waals surface area (Å²) in [5, 5.41) is 0. The maximum Gasteiger partial charge on any atom is 0.325 e. The van der Waals surface area contributed by atoms with Crippen LogP contribution >= 0.6 is 0 Å². The van der Waals surface area contributed by atoms with E-state index in [1.807, 2.05) is 9.88 Å². The molecule has 0 unspecified atom stereocenters. The van der Waals surface area contributed by atoms with Crippen LogP contribution in [0.25, 0.3) is 0 Å². The monoisotopic (exact) mass is 479 g/mol.